The van der Waals surface area contributed by atoms with Crippen molar-refractivity contribution in [3.63, 3.8) is 0 Å². The summed E-state index contributed by atoms with van der Waals surface area (Å²) < 4.78 is 13.7. The van der Waals surface area contributed by atoms with Crippen LogP contribution in [-0.2, 0) is 51.7 Å². The number of ether oxygens (including phenoxy) is 2. The quantitative estimate of drug-likeness (QED) is 0.0474. The number of likely N-dealkylation sites (tertiary alicyclic amines) is 1. The maximum Gasteiger partial charge on any atom is 0.312 e. The lowest BCUT2D eigenvalue weighted by Crippen LogP contribution is -2.46. The second-order valence-electron chi connectivity index (χ2n) is 16.6. The molecule has 1 saturated heterocycles. The number of aromatic nitrogens is 3. The Kier molecular flexibility index (Phi) is 16.9. The minimum atomic E-state index is -0.683. The summed E-state index contributed by atoms with van der Waals surface area (Å²) in [5, 5.41) is 5.44. The van der Waals surface area contributed by atoms with E-state index in [0.717, 1.165) is 83.6 Å². The fourth-order valence-electron chi connectivity index (χ4n) is 7.60. The number of nitrogens with two attached hydrogens (primary N) is 2. The summed E-state index contributed by atoms with van der Waals surface area (Å²) in [6.07, 6.45) is 8.88. The first-order valence-corrected chi connectivity index (χ1v) is 21.4. The van der Waals surface area contributed by atoms with E-state index in [2.05, 4.69) is 55.2 Å². The topological polar surface area (TPSA) is 197 Å². The Bertz CT molecular complexity index is 2060. The molecule has 6 N–H and O–H groups in total. The van der Waals surface area contributed by atoms with Gasteiger partial charge >= 0.3 is 12.0 Å². The first kappa shape index (κ1) is 45.6. The van der Waals surface area contributed by atoms with Gasteiger partial charge in [0.1, 0.15) is 12.4 Å². The van der Waals surface area contributed by atoms with Crippen LogP contribution < -0.4 is 26.8 Å². The van der Waals surface area contributed by atoms with Crippen molar-refractivity contribution in [2.24, 2.45) is 23.5 Å². The number of nitrogens with zero attached hydrogens (tertiary/aromatic N) is 4. The number of methoxy groups -OCH3 is 1. The van der Waals surface area contributed by atoms with E-state index in [4.69, 9.17) is 20.9 Å². The number of nitrogen functional groups attached to an aromatic ring is 1. The first-order chi connectivity index (χ1) is 28.8. The zero-order valence-electron chi connectivity index (χ0n) is 36.0. The largest absolute Gasteiger partial charge is 0.496 e. The number of hydrogen-bond acceptors (Lipinski definition) is 10. The molecule has 1 aliphatic rings. The molecule has 0 saturated carbocycles. The molecule has 0 spiro atoms. The predicted octanol–water partition coefficient (Wildman–Crippen LogP) is 6.10. The van der Waals surface area contributed by atoms with Crippen LogP contribution in [0.3, 0.4) is 0 Å². The number of Topliss-reactive ketones (excluding diaryl/α,β-unsaturated/α-hetero) is 1. The van der Waals surface area contributed by atoms with E-state index >= 15 is 0 Å². The summed E-state index contributed by atoms with van der Waals surface area (Å²) in [5.41, 5.74) is 17.9. The summed E-state index contributed by atoms with van der Waals surface area (Å²) in [6.45, 7) is 11.4. The third kappa shape index (κ3) is 13.3. The molecule has 14 heteroatoms. The molecule has 324 valence electrons. The van der Waals surface area contributed by atoms with Crippen molar-refractivity contribution in [2.75, 3.05) is 32.5 Å². The summed E-state index contributed by atoms with van der Waals surface area (Å²) in [4.78, 5) is 61.3. The summed E-state index contributed by atoms with van der Waals surface area (Å²) >= 11 is 0. The zero-order valence-corrected chi connectivity index (χ0v) is 36.0. The van der Waals surface area contributed by atoms with Crippen LogP contribution in [0.25, 0.3) is 11.0 Å². The molecule has 1 aliphatic heterocycles. The van der Waals surface area contributed by atoms with Crippen molar-refractivity contribution >= 4 is 40.7 Å². The molecule has 3 amide bonds. The molecule has 4 aromatic rings. The van der Waals surface area contributed by atoms with Gasteiger partial charge in [0.25, 0.3) is 0 Å². The van der Waals surface area contributed by atoms with Gasteiger partial charge in [0.2, 0.25) is 11.9 Å². The van der Waals surface area contributed by atoms with E-state index < -0.39 is 12.1 Å². The maximum atomic E-state index is 13.3. The summed E-state index contributed by atoms with van der Waals surface area (Å²) in [6, 6.07) is 14.4. The molecule has 0 unspecified atom stereocenters. The van der Waals surface area contributed by atoms with E-state index in [-0.39, 0.29) is 48.4 Å². The second kappa shape index (κ2) is 22.2. The van der Waals surface area contributed by atoms with Gasteiger partial charge in [-0.1, -0.05) is 83.4 Å². The number of anilines is 1. The Hall–Kier alpha value is -5.50. The van der Waals surface area contributed by atoms with Crippen LogP contribution in [-0.4, -0.2) is 75.9 Å². The molecular weight excluding hydrogens is 761 g/mol. The van der Waals surface area contributed by atoms with Crippen LogP contribution in [0.1, 0.15) is 101 Å². The number of aryl methyl sites for hydroxylation is 1. The standard InChI is InChI=1S/C46H64N8O6/c1-6-7-8-9-11-38-43-39(52-45(47)51-38)19-21-54(43)28-36-18-17-34(23-41(36)59-5)25-53-26-35(27-53)24-42(56)60-29-33-15-13-32(14-16-33)22-40(55)37(12-10-20-49-46(48)58)50-44(57)31(4)30(2)3/h13-19,21,23,30-31,35,37H,6-12,20,22,24-29H2,1-5H3,(H,50,57)(H2,47,51,52)(H3,48,49,58)/t31-,37-/m0/s1. The van der Waals surface area contributed by atoms with Crippen molar-refractivity contribution in [3.05, 3.63) is 82.7 Å². The number of hydrogen-bond donors (Lipinski definition) is 4. The number of esters is 1. The number of fused-ring (bicyclic) bond motifs is 1. The van der Waals surface area contributed by atoms with Crippen LogP contribution in [0.5, 0.6) is 5.75 Å². The Labute approximate surface area is 354 Å². The van der Waals surface area contributed by atoms with Gasteiger partial charge in [-0.2, -0.15) is 0 Å². The number of ketones is 1. The van der Waals surface area contributed by atoms with Crippen LogP contribution in [0, 0.1) is 17.8 Å². The molecule has 60 heavy (non-hydrogen) atoms. The van der Waals surface area contributed by atoms with Crippen molar-refractivity contribution < 1.29 is 28.7 Å². The Morgan fingerprint density at radius 3 is 2.35 bits per heavy atom. The highest BCUT2D eigenvalue weighted by Crippen LogP contribution is 2.28. The third-order valence-corrected chi connectivity index (χ3v) is 11.4. The van der Waals surface area contributed by atoms with Gasteiger partial charge in [-0.25, -0.2) is 14.8 Å². The zero-order chi connectivity index (χ0) is 43.2. The number of carbonyl (C=O) groups excluding carboxylic acids is 4. The Morgan fingerprint density at radius 2 is 1.65 bits per heavy atom. The van der Waals surface area contributed by atoms with Crippen molar-refractivity contribution in [1.82, 2.24) is 30.1 Å². The number of unbranched alkanes of at least 4 members (excludes halogenated alkanes) is 3. The number of amides is 3. The Balaban J connectivity index is 1.06. The SMILES string of the molecule is CCCCCCc1nc(N)nc2ccn(Cc3ccc(CN4CC(CC(=O)OCc5ccc(CC(=O)[C@H](CCCNC(N)=O)NC(=O)[C@@H](C)C(C)C)cc5)C4)cc3OC)c12. The smallest absolute Gasteiger partial charge is 0.312 e. The van der Waals surface area contributed by atoms with Crippen LogP contribution in [0.4, 0.5) is 10.7 Å². The highest BCUT2D eigenvalue weighted by atomic mass is 16.5. The number of urea groups is 1. The van der Waals surface area contributed by atoms with Crippen LogP contribution in [0.15, 0.2) is 54.7 Å². The third-order valence-electron chi connectivity index (χ3n) is 11.4. The number of primary amides is 1. The summed E-state index contributed by atoms with van der Waals surface area (Å²) in [7, 11) is 1.70. The van der Waals surface area contributed by atoms with E-state index in [1.165, 1.54) is 12.8 Å². The second-order valence-corrected chi connectivity index (χ2v) is 16.6. The minimum Gasteiger partial charge on any atom is -0.496 e. The molecule has 0 radical (unpaired) electrons. The lowest BCUT2D eigenvalue weighted by atomic mass is 9.95. The van der Waals surface area contributed by atoms with Crippen molar-refractivity contribution in [3.8, 4) is 5.75 Å². The monoisotopic (exact) mass is 824 g/mol. The number of rotatable bonds is 24. The van der Waals surface area contributed by atoms with Gasteiger partial charge in [-0.3, -0.25) is 19.3 Å². The van der Waals surface area contributed by atoms with E-state index in [1.807, 2.05) is 57.3 Å². The molecule has 0 aliphatic carbocycles. The summed E-state index contributed by atoms with van der Waals surface area (Å²) in [5.74, 6) is 0.716. The van der Waals surface area contributed by atoms with Crippen molar-refractivity contribution in [1.29, 1.82) is 0 Å². The molecule has 1 fully saturated rings. The van der Waals surface area contributed by atoms with Gasteiger partial charge in [-0.05, 0) is 66.3 Å². The average molecular weight is 825 g/mol. The first-order valence-electron chi connectivity index (χ1n) is 21.4. The van der Waals surface area contributed by atoms with E-state index in [0.29, 0.717) is 38.3 Å². The van der Waals surface area contributed by atoms with Gasteiger partial charge in [0, 0.05) is 50.3 Å². The van der Waals surface area contributed by atoms with Crippen molar-refractivity contribution in [2.45, 2.75) is 111 Å². The molecule has 2 atom stereocenters. The van der Waals surface area contributed by atoms with Gasteiger partial charge in [-0.15, -0.1) is 0 Å². The number of nitrogens with one attached hydrogen (secondary N) is 2. The maximum absolute atomic E-state index is 13.3. The predicted molar refractivity (Wildman–Crippen MR) is 233 cm³/mol. The lowest BCUT2D eigenvalue weighted by Gasteiger charge is -2.39. The molecular formula is C46H64N8O6. The average Bonchev–Trinajstić information content (AvgIpc) is 3.61. The normalized spacial score (nSPS) is 14.1. The molecule has 0 bridgehead atoms. The molecule has 3 heterocycles. The van der Waals surface area contributed by atoms with Crippen LogP contribution >= 0.6 is 0 Å². The Morgan fingerprint density at radius 1 is 0.917 bits per heavy atom. The lowest BCUT2D eigenvalue weighted by molar-refractivity contribution is -0.147. The van der Waals surface area contributed by atoms with E-state index in [9.17, 15) is 19.2 Å². The fourth-order valence-corrected chi connectivity index (χ4v) is 7.60. The molecule has 2 aromatic carbocycles. The number of benzene rings is 2. The molecule has 2 aromatic heterocycles. The highest BCUT2D eigenvalue weighted by molar-refractivity contribution is 5.91. The molecule has 14 nitrogen and oxygen atoms in total. The fraction of sp³-hybridized carbons (Fsp3) is 0.522. The van der Waals surface area contributed by atoms with Gasteiger partial charge < -0.3 is 36.1 Å². The van der Waals surface area contributed by atoms with E-state index in [1.54, 1.807) is 7.11 Å². The van der Waals surface area contributed by atoms with Gasteiger partial charge in [0.05, 0.1) is 42.8 Å². The molecule has 5 rings (SSSR count). The van der Waals surface area contributed by atoms with Gasteiger partial charge in [0.15, 0.2) is 5.78 Å². The minimum absolute atomic E-state index is 0.117. The number of carbonyl (C=O) groups is 4. The highest BCUT2D eigenvalue weighted by Gasteiger charge is 2.29. The van der Waals surface area contributed by atoms with Crippen LogP contribution in [0.2, 0.25) is 0 Å².